The largest absolute Gasteiger partial charge is 0.325 e. The van der Waals surface area contributed by atoms with Crippen LogP contribution in [-0.4, -0.2) is 27.2 Å². The molecule has 1 aromatic carbocycles. The minimum absolute atomic E-state index is 0.0916. The van der Waals surface area contributed by atoms with Crippen molar-refractivity contribution in [3.05, 3.63) is 34.6 Å². The summed E-state index contributed by atoms with van der Waals surface area (Å²) < 4.78 is 0. The van der Waals surface area contributed by atoms with E-state index in [1.54, 1.807) is 12.1 Å². The number of aromatic nitrogens is 3. The van der Waals surface area contributed by atoms with E-state index in [4.69, 9.17) is 11.6 Å². The number of hydrogen-bond acceptors (Lipinski definition) is 4. The molecule has 0 bridgehead atoms. The first-order valence-electron chi connectivity index (χ1n) is 5.43. The maximum atomic E-state index is 11.8. The van der Waals surface area contributed by atoms with Gasteiger partial charge < -0.3 is 10.6 Å². The van der Waals surface area contributed by atoms with Gasteiger partial charge in [-0.3, -0.25) is 9.59 Å². The third-order valence-corrected chi connectivity index (χ3v) is 3.03. The molecule has 3 N–H and O–H groups in total. The number of fused-ring (bicyclic) bond motifs is 1. The van der Waals surface area contributed by atoms with E-state index >= 15 is 0 Å². The lowest BCUT2D eigenvalue weighted by Gasteiger charge is -2.08. The maximum absolute atomic E-state index is 11.8. The third kappa shape index (κ3) is 2.15. The lowest BCUT2D eigenvalue weighted by Crippen LogP contribution is -2.13. The van der Waals surface area contributed by atoms with Crippen molar-refractivity contribution >= 4 is 34.8 Å². The molecule has 0 unspecified atom stereocenters. The first-order valence-corrected chi connectivity index (χ1v) is 5.80. The van der Waals surface area contributed by atoms with E-state index in [1.807, 2.05) is 0 Å². The van der Waals surface area contributed by atoms with E-state index in [0.717, 1.165) is 5.56 Å². The van der Waals surface area contributed by atoms with Gasteiger partial charge in [0.15, 0.2) is 5.69 Å². The van der Waals surface area contributed by atoms with Crippen molar-refractivity contribution in [2.45, 2.75) is 6.42 Å². The van der Waals surface area contributed by atoms with Crippen LogP contribution in [0.15, 0.2) is 18.3 Å². The van der Waals surface area contributed by atoms with Crippen LogP contribution in [-0.2, 0) is 11.2 Å². The molecule has 7 nitrogen and oxygen atoms in total. The lowest BCUT2D eigenvalue weighted by molar-refractivity contribution is -0.115. The van der Waals surface area contributed by atoms with Crippen molar-refractivity contribution in [2.24, 2.45) is 0 Å². The van der Waals surface area contributed by atoms with Crippen molar-refractivity contribution in [3.8, 4) is 0 Å². The summed E-state index contributed by atoms with van der Waals surface area (Å²) in [7, 11) is 0. The molecule has 1 aliphatic rings. The first-order chi connectivity index (χ1) is 9.13. The molecule has 0 aliphatic carbocycles. The van der Waals surface area contributed by atoms with Crippen molar-refractivity contribution in [3.63, 3.8) is 0 Å². The van der Waals surface area contributed by atoms with Crippen LogP contribution < -0.4 is 10.6 Å². The number of nitrogens with zero attached hydrogens (tertiary/aromatic N) is 2. The maximum Gasteiger partial charge on any atom is 0.277 e. The molecular formula is C11H8ClN5O2. The molecule has 2 amide bonds. The van der Waals surface area contributed by atoms with Gasteiger partial charge >= 0.3 is 0 Å². The summed E-state index contributed by atoms with van der Waals surface area (Å²) in [6.45, 7) is 0. The number of aromatic amines is 1. The summed E-state index contributed by atoms with van der Waals surface area (Å²) >= 11 is 6.05. The molecule has 1 aromatic heterocycles. The zero-order valence-electron chi connectivity index (χ0n) is 9.53. The summed E-state index contributed by atoms with van der Waals surface area (Å²) in [5.74, 6) is -0.515. The topological polar surface area (TPSA) is 99.8 Å². The molecule has 0 saturated carbocycles. The van der Waals surface area contributed by atoms with Gasteiger partial charge in [0.2, 0.25) is 5.91 Å². The number of benzene rings is 1. The smallest absolute Gasteiger partial charge is 0.277 e. The summed E-state index contributed by atoms with van der Waals surface area (Å²) in [6.07, 6.45) is 1.58. The number of rotatable bonds is 2. The quantitative estimate of drug-likeness (QED) is 0.768. The Morgan fingerprint density at radius 3 is 3.00 bits per heavy atom. The molecule has 0 fully saturated rings. The zero-order chi connectivity index (χ0) is 13.4. The number of carbonyl (C=O) groups excluding carboxylic acids is 2. The van der Waals surface area contributed by atoms with Gasteiger partial charge in [-0.05, 0) is 17.7 Å². The average Bonchev–Trinajstić information content (AvgIpc) is 2.97. The normalized spacial score (nSPS) is 13.0. The fraction of sp³-hybridized carbons (Fsp3) is 0.0909. The highest BCUT2D eigenvalue weighted by atomic mass is 35.5. The molecule has 3 rings (SSSR count). The molecule has 96 valence electrons. The minimum Gasteiger partial charge on any atom is -0.325 e. The molecule has 0 atom stereocenters. The third-order valence-electron chi connectivity index (χ3n) is 2.71. The Morgan fingerprint density at radius 2 is 2.26 bits per heavy atom. The number of amides is 2. The van der Waals surface area contributed by atoms with Crippen LogP contribution in [0, 0.1) is 0 Å². The van der Waals surface area contributed by atoms with Crippen LogP contribution in [0.3, 0.4) is 0 Å². The average molecular weight is 278 g/mol. The fourth-order valence-corrected chi connectivity index (χ4v) is 2.05. The number of carbonyl (C=O) groups is 2. The molecule has 2 heterocycles. The van der Waals surface area contributed by atoms with Crippen LogP contribution in [0.5, 0.6) is 0 Å². The Balaban J connectivity index is 1.88. The Kier molecular flexibility index (Phi) is 2.68. The summed E-state index contributed by atoms with van der Waals surface area (Å²) in [5.41, 5.74) is 2.06. The number of anilines is 2. The van der Waals surface area contributed by atoms with Gasteiger partial charge in [-0.1, -0.05) is 11.6 Å². The lowest BCUT2D eigenvalue weighted by atomic mass is 10.1. The van der Waals surface area contributed by atoms with Crippen molar-refractivity contribution in [2.75, 3.05) is 10.6 Å². The van der Waals surface area contributed by atoms with Gasteiger partial charge in [0.1, 0.15) is 0 Å². The molecule has 2 aromatic rings. The van der Waals surface area contributed by atoms with Crippen LogP contribution in [0.2, 0.25) is 5.02 Å². The van der Waals surface area contributed by atoms with Gasteiger partial charge in [-0.25, -0.2) is 0 Å². The van der Waals surface area contributed by atoms with E-state index in [-0.39, 0.29) is 18.0 Å². The van der Waals surface area contributed by atoms with Crippen molar-refractivity contribution < 1.29 is 9.59 Å². The van der Waals surface area contributed by atoms with Gasteiger partial charge in [0.05, 0.1) is 23.3 Å². The predicted molar refractivity (Wildman–Crippen MR) is 68.1 cm³/mol. The highest BCUT2D eigenvalue weighted by Crippen LogP contribution is 2.32. The van der Waals surface area contributed by atoms with Crippen LogP contribution in [0.1, 0.15) is 16.1 Å². The van der Waals surface area contributed by atoms with E-state index in [9.17, 15) is 9.59 Å². The Morgan fingerprint density at radius 1 is 1.42 bits per heavy atom. The second-order valence-electron chi connectivity index (χ2n) is 4.02. The Labute approximate surface area is 112 Å². The van der Waals surface area contributed by atoms with Crippen LogP contribution in [0.4, 0.5) is 11.4 Å². The SMILES string of the molecule is O=C1Cc2cc(NC(=O)c3cn[nH]n3)c(Cl)cc2N1. The van der Waals surface area contributed by atoms with Crippen LogP contribution in [0.25, 0.3) is 0 Å². The summed E-state index contributed by atoms with van der Waals surface area (Å²) in [4.78, 5) is 23.1. The highest BCUT2D eigenvalue weighted by Gasteiger charge is 2.20. The van der Waals surface area contributed by atoms with E-state index in [1.165, 1.54) is 6.20 Å². The molecule has 0 saturated heterocycles. The molecule has 0 spiro atoms. The number of H-pyrrole nitrogens is 1. The Hall–Kier alpha value is -2.41. The molecule has 8 heteroatoms. The predicted octanol–water partition coefficient (Wildman–Crippen LogP) is 1.20. The summed E-state index contributed by atoms with van der Waals surface area (Å²) in [6, 6.07) is 3.29. The minimum atomic E-state index is -0.423. The Bertz CT molecular complexity index is 668. The molecule has 1 aliphatic heterocycles. The second kappa shape index (κ2) is 4.36. The van der Waals surface area contributed by atoms with Crippen molar-refractivity contribution in [1.29, 1.82) is 0 Å². The second-order valence-corrected chi connectivity index (χ2v) is 4.43. The van der Waals surface area contributed by atoms with E-state index < -0.39 is 5.91 Å². The van der Waals surface area contributed by atoms with E-state index in [0.29, 0.717) is 16.4 Å². The van der Waals surface area contributed by atoms with Crippen LogP contribution >= 0.6 is 11.6 Å². The summed E-state index contributed by atoms with van der Waals surface area (Å²) in [5, 5.41) is 15.2. The number of halogens is 1. The van der Waals surface area contributed by atoms with Gasteiger partial charge in [0, 0.05) is 5.69 Å². The van der Waals surface area contributed by atoms with E-state index in [2.05, 4.69) is 26.0 Å². The zero-order valence-corrected chi connectivity index (χ0v) is 10.3. The highest BCUT2D eigenvalue weighted by molar-refractivity contribution is 6.34. The molecular weight excluding hydrogens is 270 g/mol. The van der Waals surface area contributed by atoms with Crippen molar-refractivity contribution in [1.82, 2.24) is 15.4 Å². The fourth-order valence-electron chi connectivity index (χ4n) is 1.84. The van der Waals surface area contributed by atoms with Gasteiger partial charge in [-0.15, -0.1) is 0 Å². The van der Waals surface area contributed by atoms with Gasteiger partial charge in [0.25, 0.3) is 5.91 Å². The van der Waals surface area contributed by atoms with Gasteiger partial charge in [-0.2, -0.15) is 15.4 Å². The standard InChI is InChI=1S/C11H8ClN5O2/c12-6-3-7-5(2-10(18)14-7)1-8(6)15-11(19)9-4-13-17-16-9/h1,3-4H,2H2,(H,14,18)(H,15,19)(H,13,16,17). The monoisotopic (exact) mass is 277 g/mol. The number of hydrogen-bond donors (Lipinski definition) is 3. The molecule has 0 radical (unpaired) electrons. The molecule has 19 heavy (non-hydrogen) atoms. The first kappa shape index (κ1) is 11.7. The number of nitrogens with one attached hydrogen (secondary N) is 3.